The molecule has 1 heterocycles. The zero-order chi connectivity index (χ0) is 13.0. The van der Waals surface area contributed by atoms with Crippen molar-refractivity contribution in [2.45, 2.75) is 19.5 Å². The Kier molecular flexibility index (Phi) is 4.07. The first-order chi connectivity index (χ1) is 8.66. The Morgan fingerprint density at radius 3 is 2.78 bits per heavy atom. The Labute approximate surface area is 110 Å². The summed E-state index contributed by atoms with van der Waals surface area (Å²) < 4.78 is 0. The molecule has 0 fully saturated rings. The van der Waals surface area contributed by atoms with Crippen LogP contribution in [0.25, 0.3) is 0 Å². The van der Waals surface area contributed by atoms with Gasteiger partial charge in [0.05, 0.1) is 0 Å². The molecule has 0 aliphatic carbocycles. The van der Waals surface area contributed by atoms with Crippen LogP contribution in [-0.4, -0.2) is 10.9 Å². The van der Waals surface area contributed by atoms with Gasteiger partial charge in [-0.3, -0.25) is 4.79 Å². The minimum Gasteiger partial charge on any atom is -0.364 e. The first kappa shape index (κ1) is 12.7. The average Bonchev–Trinajstić information content (AvgIpc) is 2.87. The summed E-state index contributed by atoms with van der Waals surface area (Å²) in [4.78, 5) is 16.0. The molecular weight excluding hydrogens is 246 g/mol. The van der Waals surface area contributed by atoms with Crippen LogP contribution in [0.5, 0.6) is 0 Å². The number of carbonyl (C=O) groups is 1. The minimum atomic E-state index is -0.471. The summed E-state index contributed by atoms with van der Waals surface area (Å²) in [7, 11) is 0. The molecule has 3 N–H and O–H groups in total. The Hall–Kier alpha value is -1.72. The van der Waals surface area contributed by atoms with E-state index in [4.69, 9.17) is 5.73 Å². The van der Waals surface area contributed by atoms with E-state index in [2.05, 4.69) is 22.4 Å². The summed E-state index contributed by atoms with van der Waals surface area (Å²) in [6.45, 7) is 2.83. The third-order valence-corrected chi connectivity index (χ3v) is 3.81. The van der Waals surface area contributed by atoms with Gasteiger partial charge in [0.2, 0.25) is 0 Å². The summed E-state index contributed by atoms with van der Waals surface area (Å²) in [6.07, 6.45) is 1.70. The standard InChI is InChI=1S/C13H15N3OS/c1-9(11-8-16-13(18-11)12(14)17)15-7-10-5-3-2-4-6-10/h2-6,8-9,15H,7H2,1H3,(H2,14,17). The molecule has 0 saturated heterocycles. The lowest BCUT2D eigenvalue weighted by Gasteiger charge is -2.11. The van der Waals surface area contributed by atoms with Crippen molar-refractivity contribution in [2.24, 2.45) is 5.73 Å². The van der Waals surface area contributed by atoms with Crippen molar-refractivity contribution in [3.8, 4) is 0 Å². The Balaban J connectivity index is 1.95. The van der Waals surface area contributed by atoms with Gasteiger partial charge < -0.3 is 11.1 Å². The fourth-order valence-corrected chi connectivity index (χ4v) is 2.36. The monoisotopic (exact) mass is 261 g/mol. The third kappa shape index (κ3) is 3.15. The SMILES string of the molecule is CC(NCc1ccccc1)c1cnc(C(N)=O)s1. The van der Waals surface area contributed by atoms with E-state index in [1.54, 1.807) is 6.20 Å². The van der Waals surface area contributed by atoms with Crippen LogP contribution < -0.4 is 11.1 Å². The Morgan fingerprint density at radius 1 is 1.44 bits per heavy atom. The highest BCUT2D eigenvalue weighted by atomic mass is 32.1. The van der Waals surface area contributed by atoms with Crippen molar-refractivity contribution in [3.05, 3.63) is 52.0 Å². The topological polar surface area (TPSA) is 68.0 Å². The van der Waals surface area contributed by atoms with Crippen LogP contribution in [0.1, 0.15) is 33.2 Å². The number of hydrogen-bond donors (Lipinski definition) is 2. The molecule has 1 amide bonds. The predicted molar refractivity (Wildman–Crippen MR) is 72.3 cm³/mol. The molecule has 1 aromatic carbocycles. The van der Waals surface area contributed by atoms with E-state index in [9.17, 15) is 4.79 Å². The smallest absolute Gasteiger partial charge is 0.277 e. The number of thiazole rings is 1. The fourth-order valence-electron chi connectivity index (χ4n) is 1.57. The number of aromatic nitrogens is 1. The third-order valence-electron chi connectivity index (χ3n) is 2.62. The van der Waals surface area contributed by atoms with E-state index in [0.717, 1.165) is 11.4 Å². The predicted octanol–water partition coefficient (Wildman–Crippen LogP) is 2.09. The molecule has 0 aliphatic heterocycles. The molecule has 1 atom stereocenters. The van der Waals surface area contributed by atoms with Crippen molar-refractivity contribution in [3.63, 3.8) is 0 Å². The second-order valence-corrected chi connectivity index (χ2v) is 5.08. The number of benzene rings is 1. The number of nitrogens with one attached hydrogen (secondary N) is 1. The van der Waals surface area contributed by atoms with Crippen LogP contribution in [0.15, 0.2) is 36.5 Å². The molecule has 4 nitrogen and oxygen atoms in total. The lowest BCUT2D eigenvalue weighted by molar-refractivity contribution is 0.1000. The highest BCUT2D eigenvalue weighted by molar-refractivity contribution is 7.13. The second kappa shape index (κ2) is 5.75. The molecular formula is C13H15N3OS. The zero-order valence-corrected chi connectivity index (χ0v) is 10.9. The molecule has 0 saturated carbocycles. The summed E-state index contributed by atoms with van der Waals surface area (Å²) in [5, 5.41) is 3.75. The molecule has 1 aromatic heterocycles. The molecule has 0 bridgehead atoms. The van der Waals surface area contributed by atoms with Crippen molar-refractivity contribution in [1.29, 1.82) is 0 Å². The molecule has 2 aromatic rings. The van der Waals surface area contributed by atoms with Gasteiger partial charge in [0.15, 0.2) is 5.01 Å². The van der Waals surface area contributed by atoms with E-state index in [1.165, 1.54) is 16.9 Å². The van der Waals surface area contributed by atoms with Crippen molar-refractivity contribution in [2.75, 3.05) is 0 Å². The molecule has 1 unspecified atom stereocenters. The number of hydrogen-bond acceptors (Lipinski definition) is 4. The maximum absolute atomic E-state index is 11.0. The number of nitrogens with zero attached hydrogens (tertiary/aromatic N) is 1. The molecule has 0 spiro atoms. The summed E-state index contributed by atoms with van der Waals surface area (Å²) >= 11 is 1.34. The van der Waals surface area contributed by atoms with Crippen LogP contribution in [0.4, 0.5) is 0 Å². The number of amides is 1. The van der Waals surface area contributed by atoms with E-state index < -0.39 is 5.91 Å². The normalized spacial score (nSPS) is 12.3. The highest BCUT2D eigenvalue weighted by Gasteiger charge is 2.12. The molecule has 5 heteroatoms. The molecule has 0 aliphatic rings. The quantitative estimate of drug-likeness (QED) is 0.866. The van der Waals surface area contributed by atoms with E-state index in [1.807, 2.05) is 25.1 Å². The lowest BCUT2D eigenvalue weighted by atomic mass is 10.2. The van der Waals surface area contributed by atoms with Gasteiger partial charge in [-0.25, -0.2) is 4.98 Å². The zero-order valence-electron chi connectivity index (χ0n) is 10.1. The van der Waals surface area contributed by atoms with Gasteiger partial charge in [-0.05, 0) is 12.5 Å². The van der Waals surface area contributed by atoms with Crippen molar-refractivity contribution in [1.82, 2.24) is 10.3 Å². The number of nitrogens with two attached hydrogens (primary N) is 1. The maximum Gasteiger partial charge on any atom is 0.277 e. The Bertz CT molecular complexity index is 524. The lowest BCUT2D eigenvalue weighted by Crippen LogP contribution is -2.17. The first-order valence-electron chi connectivity index (χ1n) is 5.69. The van der Waals surface area contributed by atoms with Gasteiger partial charge >= 0.3 is 0 Å². The summed E-state index contributed by atoms with van der Waals surface area (Å²) in [6, 6.07) is 10.3. The average molecular weight is 261 g/mol. The van der Waals surface area contributed by atoms with Gasteiger partial charge in [-0.15, -0.1) is 11.3 Å². The maximum atomic E-state index is 11.0. The van der Waals surface area contributed by atoms with E-state index in [0.29, 0.717) is 5.01 Å². The van der Waals surface area contributed by atoms with Gasteiger partial charge in [0.25, 0.3) is 5.91 Å². The Morgan fingerprint density at radius 2 is 2.17 bits per heavy atom. The van der Waals surface area contributed by atoms with E-state index in [-0.39, 0.29) is 6.04 Å². The van der Waals surface area contributed by atoms with Crippen LogP contribution in [0.3, 0.4) is 0 Å². The van der Waals surface area contributed by atoms with Gasteiger partial charge in [-0.2, -0.15) is 0 Å². The van der Waals surface area contributed by atoms with E-state index >= 15 is 0 Å². The second-order valence-electron chi connectivity index (χ2n) is 4.02. The van der Waals surface area contributed by atoms with Gasteiger partial charge in [-0.1, -0.05) is 30.3 Å². The van der Waals surface area contributed by atoms with Gasteiger partial charge in [0.1, 0.15) is 0 Å². The number of primary amides is 1. The minimum absolute atomic E-state index is 0.149. The number of rotatable bonds is 5. The number of carbonyl (C=O) groups excluding carboxylic acids is 1. The first-order valence-corrected chi connectivity index (χ1v) is 6.51. The molecule has 18 heavy (non-hydrogen) atoms. The van der Waals surface area contributed by atoms with Crippen LogP contribution in [0, 0.1) is 0 Å². The van der Waals surface area contributed by atoms with Crippen LogP contribution in [-0.2, 0) is 6.54 Å². The van der Waals surface area contributed by atoms with Crippen LogP contribution in [0.2, 0.25) is 0 Å². The molecule has 94 valence electrons. The highest BCUT2D eigenvalue weighted by Crippen LogP contribution is 2.20. The van der Waals surface area contributed by atoms with Gasteiger partial charge in [0, 0.05) is 23.7 Å². The van der Waals surface area contributed by atoms with Crippen LogP contribution >= 0.6 is 11.3 Å². The fraction of sp³-hybridized carbons (Fsp3) is 0.231. The van der Waals surface area contributed by atoms with Crippen molar-refractivity contribution >= 4 is 17.2 Å². The molecule has 0 radical (unpaired) electrons. The largest absolute Gasteiger partial charge is 0.364 e. The summed E-state index contributed by atoms with van der Waals surface area (Å²) in [5.41, 5.74) is 6.41. The summed E-state index contributed by atoms with van der Waals surface area (Å²) in [5.74, 6) is -0.471. The van der Waals surface area contributed by atoms with Crippen molar-refractivity contribution < 1.29 is 4.79 Å². The molecule has 2 rings (SSSR count).